The average molecular weight is 229 g/mol. The van der Waals surface area contributed by atoms with Crippen molar-refractivity contribution in [2.45, 2.75) is 44.2 Å². The van der Waals surface area contributed by atoms with Gasteiger partial charge in [-0.05, 0) is 38.8 Å². The highest BCUT2D eigenvalue weighted by atomic mass is 35.5. The number of piperidine rings is 1. The summed E-state index contributed by atoms with van der Waals surface area (Å²) in [5, 5.41) is 4.39. The predicted molar refractivity (Wildman–Crippen MR) is 65.2 cm³/mol. The van der Waals surface area contributed by atoms with Gasteiger partial charge < -0.3 is 5.32 Å². The highest BCUT2D eigenvalue weighted by molar-refractivity contribution is 6.29. The summed E-state index contributed by atoms with van der Waals surface area (Å²) >= 11 is 5.93. The first-order valence-electron chi connectivity index (χ1n) is 6.08. The number of hydrogen-bond acceptors (Lipinski definition) is 2. The van der Waals surface area contributed by atoms with E-state index in [0.717, 1.165) is 11.6 Å². The Labute approximate surface area is 97.7 Å². The van der Waals surface area contributed by atoms with E-state index < -0.39 is 0 Å². The summed E-state index contributed by atoms with van der Waals surface area (Å²) in [5.41, 5.74) is 0. The first kappa shape index (κ1) is 11.4. The summed E-state index contributed by atoms with van der Waals surface area (Å²) in [6.45, 7) is 7.06. The van der Waals surface area contributed by atoms with E-state index in [2.05, 4.69) is 16.8 Å². The van der Waals surface area contributed by atoms with Crippen molar-refractivity contribution in [2.24, 2.45) is 0 Å². The number of hydrogen-bond donors (Lipinski definition) is 1. The van der Waals surface area contributed by atoms with Crippen LogP contribution in [0.2, 0.25) is 0 Å². The largest absolute Gasteiger partial charge is 0.312 e. The zero-order valence-corrected chi connectivity index (χ0v) is 10.1. The van der Waals surface area contributed by atoms with Crippen molar-refractivity contribution in [1.82, 2.24) is 10.2 Å². The van der Waals surface area contributed by atoms with E-state index in [-0.39, 0.29) is 0 Å². The molecule has 15 heavy (non-hydrogen) atoms. The van der Waals surface area contributed by atoms with Crippen LogP contribution in [-0.4, -0.2) is 36.6 Å². The van der Waals surface area contributed by atoms with Gasteiger partial charge in [0.2, 0.25) is 0 Å². The van der Waals surface area contributed by atoms with Gasteiger partial charge in [-0.2, -0.15) is 0 Å². The minimum absolute atomic E-state index is 0.691. The maximum absolute atomic E-state index is 5.93. The highest BCUT2D eigenvalue weighted by Crippen LogP contribution is 2.25. The lowest BCUT2D eigenvalue weighted by atomic mass is 9.94. The SMILES string of the molecule is C=C(Cl)CN1CCCCC1C1CCCN1. The second-order valence-corrected chi connectivity index (χ2v) is 5.29. The molecule has 0 aromatic carbocycles. The van der Waals surface area contributed by atoms with Crippen molar-refractivity contribution < 1.29 is 0 Å². The van der Waals surface area contributed by atoms with Crippen LogP contribution in [0.1, 0.15) is 32.1 Å². The van der Waals surface area contributed by atoms with Crippen molar-refractivity contribution in [2.75, 3.05) is 19.6 Å². The fourth-order valence-electron chi connectivity index (χ4n) is 2.93. The molecule has 0 aliphatic carbocycles. The Morgan fingerprint density at radius 1 is 1.33 bits per heavy atom. The van der Waals surface area contributed by atoms with Gasteiger partial charge in [-0.3, -0.25) is 4.90 Å². The minimum Gasteiger partial charge on any atom is -0.312 e. The van der Waals surface area contributed by atoms with Gasteiger partial charge in [0.1, 0.15) is 0 Å². The number of halogens is 1. The van der Waals surface area contributed by atoms with Crippen LogP contribution in [0.5, 0.6) is 0 Å². The summed E-state index contributed by atoms with van der Waals surface area (Å²) in [6.07, 6.45) is 6.66. The molecule has 86 valence electrons. The van der Waals surface area contributed by atoms with Crippen LogP contribution in [0, 0.1) is 0 Å². The molecule has 2 aliphatic heterocycles. The van der Waals surface area contributed by atoms with Crippen LogP contribution in [-0.2, 0) is 0 Å². The molecule has 2 aliphatic rings. The fraction of sp³-hybridized carbons (Fsp3) is 0.833. The molecule has 3 heteroatoms. The lowest BCUT2D eigenvalue weighted by Gasteiger charge is -2.39. The van der Waals surface area contributed by atoms with E-state index in [1.165, 1.54) is 45.2 Å². The van der Waals surface area contributed by atoms with Crippen molar-refractivity contribution in [3.8, 4) is 0 Å². The predicted octanol–water partition coefficient (Wildman–Crippen LogP) is 2.35. The lowest BCUT2D eigenvalue weighted by molar-refractivity contribution is 0.133. The molecule has 0 radical (unpaired) electrons. The number of likely N-dealkylation sites (tertiary alicyclic amines) is 1. The molecule has 1 N–H and O–H groups in total. The maximum Gasteiger partial charge on any atom is 0.0339 e. The zero-order chi connectivity index (χ0) is 10.7. The summed E-state index contributed by atoms with van der Waals surface area (Å²) in [4.78, 5) is 2.52. The van der Waals surface area contributed by atoms with E-state index >= 15 is 0 Å². The molecule has 2 rings (SSSR count). The first-order valence-corrected chi connectivity index (χ1v) is 6.46. The molecule has 0 aromatic rings. The van der Waals surface area contributed by atoms with E-state index in [4.69, 9.17) is 11.6 Å². The van der Waals surface area contributed by atoms with Gasteiger partial charge in [0.15, 0.2) is 0 Å². The summed E-state index contributed by atoms with van der Waals surface area (Å²) in [5.74, 6) is 0. The van der Waals surface area contributed by atoms with Gasteiger partial charge in [0.25, 0.3) is 0 Å². The van der Waals surface area contributed by atoms with Crippen LogP contribution in [0.25, 0.3) is 0 Å². The normalized spacial score (nSPS) is 33.1. The van der Waals surface area contributed by atoms with Crippen LogP contribution in [0.15, 0.2) is 11.6 Å². The summed E-state index contributed by atoms with van der Waals surface area (Å²) < 4.78 is 0. The molecule has 0 saturated carbocycles. The third-order valence-corrected chi connectivity index (χ3v) is 3.72. The molecule has 2 atom stereocenters. The molecule has 2 saturated heterocycles. The Hall–Kier alpha value is -0.0500. The molecule has 2 fully saturated rings. The van der Waals surface area contributed by atoms with E-state index in [1.54, 1.807) is 0 Å². The van der Waals surface area contributed by atoms with Gasteiger partial charge in [-0.15, -0.1) is 0 Å². The van der Waals surface area contributed by atoms with Crippen molar-refractivity contribution in [3.63, 3.8) is 0 Å². The van der Waals surface area contributed by atoms with Crippen LogP contribution >= 0.6 is 11.6 Å². The van der Waals surface area contributed by atoms with Gasteiger partial charge in [0.05, 0.1) is 0 Å². The maximum atomic E-state index is 5.93. The Kier molecular flexibility index (Phi) is 4.06. The molecule has 2 unspecified atom stereocenters. The topological polar surface area (TPSA) is 15.3 Å². The van der Waals surface area contributed by atoms with E-state index in [0.29, 0.717) is 12.1 Å². The zero-order valence-electron chi connectivity index (χ0n) is 9.34. The quantitative estimate of drug-likeness (QED) is 0.798. The first-order chi connectivity index (χ1) is 7.27. The minimum atomic E-state index is 0.691. The Morgan fingerprint density at radius 3 is 2.87 bits per heavy atom. The van der Waals surface area contributed by atoms with Crippen molar-refractivity contribution in [1.29, 1.82) is 0 Å². The fourth-order valence-corrected chi connectivity index (χ4v) is 3.08. The van der Waals surface area contributed by atoms with Crippen LogP contribution < -0.4 is 5.32 Å². The van der Waals surface area contributed by atoms with Gasteiger partial charge >= 0.3 is 0 Å². The standard InChI is InChI=1S/C12H21ClN2/c1-10(13)9-15-8-3-2-6-12(15)11-5-4-7-14-11/h11-12,14H,1-9H2. The molecule has 0 amide bonds. The summed E-state index contributed by atoms with van der Waals surface area (Å²) in [6, 6.07) is 1.39. The number of nitrogens with zero attached hydrogens (tertiary/aromatic N) is 1. The molecule has 0 aromatic heterocycles. The third-order valence-electron chi connectivity index (χ3n) is 3.60. The van der Waals surface area contributed by atoms with Crippen LogP contribution in [0.3, 0.4) is 0 Å². The Bertz CT molecular complexity index is 224. The molecular formula is C12H21ClN2. The van der Waals surface area contributed by atoms with Gasteiger partial charge in [-0.1, -0.05) is 24.6 Å². The number of nitrogens with one attached hydrogen (secondary N) is 1. The Balaban J connectivity index is 1.95. The second kappa shape index (κ2) is 5.33. The lowest BCUT2D eigenvalue weighted by Crippen LogP contribution is -2.50. The molecule has 2 heterocycles. The van der Waals surface area contributed by atoms with E-state index in [1.807, 2.05) is 0 Å². The molecular weight excluding hydrogens is 208 g/mol. The average Bonchev–Trinajstić information content (AvgIpc) is 2.70. The molecule has 0 bridgehead atoms. The van der Waals surface area contributed by atoms with Gasteiger partial charge in [0, 0.05) is 23.7 Å². The van der Waals surface area contributed by atoms with E-state index in [9.17, 15) is 0 Å². The summed E-state index contributed by atoms with van der Waals surface area (Å²) in [7, 11) is 0. The van der Waals surface area contributed by atoms with Crippen molar-refractivity contribution >= 4 is 11.6 Å². The van der Waals surface area contributed by atoms with Gasteiger partial charge in [-0.25, -0.2) is 0 Å². The van der Waals surface area contributed by atoms with Crippen LogP contribution in [0.4, 0.5) is 0 Å². The van der Waals surface area contributed by atoms with Crippen molar-refractivity contribution in [3.05, 3.63) is 11.6 Å². The third kappa shape index (κ3) is 2.96. The monoisotopic (exact) mass is 228 g/mol. The number of rotatable bonds is 3. The Morgan fingerprint density at radius 2 is 2.20 bits per heavy atom. The molecule has 0 spiro atoms. The highest BCUT2D eigenvalue weighted by Gasteiger charge is 2.31. The second-order valence-electron chi connectivity index (χ2n) is 4.75. The molecule has 2 nitrogen and oxygen atoms in total. The smallest absolute Gasteiger partial charge is 0.0339 e.